The summed E-state index contributed by atoms with van der Waals surface area (Å²) in [6.07, 6.45) is -6.70. The molecule has 1 aromatic rings. The average Bonchev–Trinajstić information content (AvgIpc) is 2.28. The molecule has 8 heteroatoms. The summed E-state index contributed by atoms with van der Waals surface area (Å²) in [4.78, 5) is 0. The molecule has 0 aliphatic rings. The Bertz CT molecular complexity index is 462. The van der Waals surface area contributed by atoms with E-state index in [1.165, 1.54) is 46.9 Å². The van der Waals surface area contributed by atoms with Crippen molar-refractivity contribution in [2.45, 2.75) is 18.0 Å². The van der Waals surface area contributed by atoms with Crippen molar-refractivity contribution in [2.75, 3.05) is 0 Å². The summed E-state index contributed by atoms with van der Waals surface area (Å²) in [6.45, 7) is 0. The van der Waals surface area contributed by atoms with Crippen LogP contribution in [0.4, 0.5) is 30.7 Å². The van der Waals surface area contributed by atoms with Crippen molar-refractivity contribution in [3.63, 3.8) is 0 Å². The smallest absolute Gasteiger partial charge is 0.195 e. The fourth-order valence-electron chi connectivity index (χ4n) is 1.12. The van der Waals surface area contributed by atoms with Gasteiger partial charge < -0.3 is 0 Å². The maximum absolute atomic E-state index is 13.1. The topological polar surface area (TPSA) is 0 Å². The van der Waals surface area contributed by atoms with Gasteiger partial charge in [-0.3, -0.25) is 0 Å². The van der Waals surface area contributed by atoms with E-state index in [4.69, 9.17) is 0 Å². The molecule has 0 unspecified atom stereocenters. The molecule has 0 atom stereocenters. The van der Waals surface area contributed by atoms with E-state index < -0.39 is 21.6 Å². The highest BCUT2D eigenvalue weighted by molar-refractivity contribution is 14.1. The van der Waals surface area contributed by atoms with Gasteiger partial charge in [0.05, 0.1) is 0 Å². The van der Waals surface area contributed by atoms with E-state index in [2.05, 4.69) is 0 Å². The molecule has 1 aromatic carbocycles. The molecule has 106 valence electrons. The van der Waals surface area contributed by atoms with Crippen molar-refractivity contribution >= 4 is 26.2 Å². The number of rotatable bonds is 3. The monoisotopic (exact) mass is 398 g/mol. The summed E-state index contributed by atoms with van der Waals surface area (Å²) >= 11 is 1.28. The highest BCUT2D eigenvalue weighted by Gasteiger charge is 2.72. The van der Waals surface area contributed by atoms with Crippen molar-refractivity contribution in [1.29, 1.82) is 0 Å². The number of hydrogen-bond acceptors (Lipinski definition) is 0. The highest BCUT2D eigenvalue weighted by Crippen LogP contribution is 2.48. The van der Waals surface area contributed by atoms with E-state index in [1.807, 2.05) is 0 Å². The zero-order valence-electron chi connectivity index (χ0n) is 8.99. The molecule has 0 aliphatic heterocycles. The summed E-state index contributed by atoms with van der Waals surface area (Å²) in [5.74, 6) is -11.4. The van der Waals surface area contributed by atoms with Gasteiger partial charge in [0.2, 0.25) is 0 Å². The maximum Gasteiger partial charge on any atom is 0.460 e. The third-order valence-electron chi connectivity index (χ3n) is 2.13. The Hall–Kier alpha value is -0.800. The third kappa shape index (κ3) is 3.40. The minimum Gasteiger partial charge on any atom is -0.195 e. The van der Waals surface area contributed by atoms with Crippen molar-refractivity contribution in [3.05, 3.63) is 42.0 Å². The second kappa shape index (κ2) is 5.29. The van der Waals surface area contributed by atoms with E-state index >= 15 is 0 Å². The molecule has 0 saturated heterocycles. The van der Waals surface area contributed by atoms with Gasteiger partial charge in [0.15, 0.2) is 0 Å². The Morgan fingerprint density at radius 1 is 0.895 bits per heavy atom. The van der Waals surface area contributed by atoms with Crippen LogP contribution in [0.3, 0.4) is 0 Å². The molecule has 0 amide bonds. The quantitative estimate of drug-likeness (QED) is 0.479. The zero-order valence-corrected chi connectivity index (χ0v) is 11.1. The number of allylic oxidation sites excluding steroid dienone is 1. The summed E-state index contributed by atoms with van der Waals surface area (Å²) in [5.41, 5.74) is 0.126. The van der Waals surface area contributed by atoms with Crippen molar-refractivity contribution < 1.29 is 30.7 Å². The van der Waals surface area contributed by atoms with Crippen LogP contribution in [0.2, 0.25) is 0 Å². The second-order valence-corrected chi connectivity index (χ2v) is 4.72. The molecular weight excluding hydrogens is 392 g/mol. The Morgan fingerprint density at radius 3 is 1.79 bits per heavy atom. The Labute approximate surface area is 117 Å². The molecule has 0 aliphatic carbocycles. The molecule has 0 saturated carbocycles. The van der Waals surface area contributed by atoms with E-state index in [1.54, 1.807) is 6.07 Å². The van der Waals surface area contributed by atoms with Gasteiger partial charge in [-0.2, -0.15) is 30.7 Å². The van der Waals surface area contributed by atoms with Gasteiger partial charge in [-0.1, -0.05) is 30.3 Å². The van der Waals surface area contributed by atoms with Gasteiger partial charge >= 0.3 is 18.0 Å². The van der Waals surface area contributed by atoms with E-state index in [9.17, 15) is 30.7 Å². The van der Waals surface area contributed by atoms with Crippen LogP contribution in [0.5, 0.6) is 0 Å². The average molecular weight is 398 g/mol. The molecule has 0 heterocycles. The van der Waals surface area contributed by atoms with Gasteiger partial charge in [-0.05, 0) is 28.2 Å². The Balaban J connectivity index is 3.16. The molecule has 0 spiro atoms. The number of halogens is 8. The number of hydrogen-bond donors (Lipinski definition) is 0. The minimum atomic E-state index is -6.32. The predicted octanol–water partition coefficient (Wildman–Crippen LogP) is 5.30. The summed E-state index contributed by atoms with van der Waals surface area (Å²) < 4.78 is 86.9. The largest absolute Gasteiger partial charge is 0.460 e. The van der Waals surface area contributed by atoms with Crippen LogP contribution in [0.25, 0.3) is 3.58 Å². The molecule has 0 nitrogen and oxygen atoms in total. The van der Waals surface area contributed by atoms with Crippen LogP contribution >= 0.6 is 22.6 Å². The fourth-order valence-corrected chi connectivity index (χ4v) is 1.87. The molecular formula is C11H6F7I. The van der Waals surface area contributed by atoms with Crippen LogP contribution in [0, 0.1) is 0 Å². The van der Waals surface area contributed by atoms with Crippen molar-refractivity contribution in [1.82, 2.24) is 0 Å². The molecule has 19 heavy (non-hydrogen) atoms. The lowest BCUT2D eigenvalue weighted by Crippen LogP contribution is -2.50. The van der Waals surface area contributed by atoms with E-state index in [0.29, 0.717) is 0 Å². The van der Waals surface area contributed by atoms with E-state index in [0.717, 1.165) is 0 Å². The van der Waals surface area contributed by atoms with Gasteiger partial charge in [-0.15, -0.1) is 0 Å². The van der Waals surface area contributed by atoms with E-state index in [-0.39, 0.29) is 11.6 Å². The van der Waals surface area contributed by atoms with Crippen LogP contribution in [-0.4, -0.2) is 18.0 Å². The van der Waals surface area contributed by atoms with Gasteiger partial charge in [-0.25, -0.2) is 0 Å². The van der Waals surface area contributed by atoms with Gasteiger partial charge in [0.25, 0.3) is 0 Å². The van der Waals surface area contributed by atoms with Crippen LogP contribution in [-0.2, 0) is 0 Å². The normalized spacial score (nSPS) is 14.6. The van der Waals surface area contributed by atoms with Crippen molar-refractivity contribution in [2.24, 2.45) is 0 Å². The summed E-state index contributed by atoms with van der Waals surface area (Å²) in [7, 11) is 0. The lowest BCUT2D eigenvalue weighted by molar-refractivity contribution is -0.341. The first kappa shape index (κ1) is 16.3. The first-order chi connectivity index (χ1) is 8.49. The third-order valence-corrected chi connectivity index (χ3v) is 3.07. The minimum absolute atomic E-state index is 0.126. The molecule has 0 bridgehead atoms. The highest BCUT2D eigenvalue weighted by atomic mass is 127. The van der Waals surface area contributed by atoms with Crippen molar-refractivity contribution in [3.8, 4) is 0 Å². The van der Waals surface area contributed by atoms with Crippen LogP contribution < -0.4 is 0 Å². The summed E-state index contributed by atoms with van der Waals surface area (Å²) in [5, 5.41) is 0. The molecule has 1 rings (SSSR count). The van der Waals surface area contributed by atoms with Crippen LogP contribution in [0.1, 0.15) is 5.56 Å². The standard InChI is InChI=1S/C11H6F7I/c12-9(13,10(14,15)11(16,17)18)6-8(19)7-4-2-1-3-5-7/h1-6H. The first-order valence-electron chi connectivity index (χ1n) is 4.75. The maximum atomic E-state index is 13.1. The molecule has 0 fully saturated rings. The Kier molecular flexibility index (Phi) is 4.53. The molecule has 0 N–H and O–H groups in total. The number of benzene rings is 1. The summed E-state index contributed by atoms with van der Waals surface area (Å²) in [6, 6.07) is 7.08. The van der Waals surface area contributed by atoms with Crippen LogP contribution in [0.15, 0.2) is 36.4 Å². The lowest BCUT2D eigenvalue weighted by Gasteiger charge is -2.26. The SMILES string of the molecule is FC(F)(F)C(F)(F)C(F)(F)C=C(I)c1ccccc1. The molecule has 0 aromatic heterocycles. The fraction of sp³-hybridized carbons (Fsp3) is 0.273. The molecule has 0 radical (unpaired) electrons. The second-order valence-electron chi connectivity index (χ2n) is 3.55. The van der Waals surface area contributed by atoms with Gasteiger partial charge in [0.1, 0.15) is 0 Å². The lowest BCUT2D eigenvalue weighted by atomic mass is 10.1. The first-order valence-corrected chi connectivity index (χ1v) is 5.83. The zero-order chi connectivity index (χ0) is 14.9. The predicted molar refractivity (Wildman–Crippen MR) is 64.4 cm³/mol. The Morgan fingerprint density at radius 2 is 1.37 bits per heavy atom. The number of alkyl halides is 7. The van der Waals surface area contributed by atoms with Gasteiger partial charge in [0, 0.05) is 9.66 Å².